The second-order valence-corrected chi connectivity index (χ2v) is 8.50. The van der Waals surface area contributed by atoms with Crippen LogP contribution in [0.5, 0.6) is 0 Å². The second kappa shape index (κ2) is 6.30. The number of fused-ring (bicyclic) bond motifs is 1. The molecule has 10 heteroatoms. The molecular weight excluding hydrogens is 357 g/mol. The van der Waals surface area contributed by atoms with E-state index in [-0.39, 0.29) is 17.1 Å². The van der Waals surface area contributed by atoms with Crippen LogP contribution in [0.3, 0.4) is 0 Å². The van der Waals surface area contributed by atoms with E-state index in [1.54, 1.807) is 20.8 Å². The SMILES string of the molecule is CC(C)(C)OC(=O)N[C@@H]1CC[C@H]2CN(c3nnc(C(F)(F)F)s3)C[C@H]21. The van der Waals surface area contributed by atoms with E-state index in [2.05, 4.69) is 15.5 Å². The van der Waals surface area contributed by atoms with E-state index in [9.17, 15) is 18.0 Å². The summed E-state index contributed by atoms with van der Waals surface area (Å²) in [6, 6.07) is -0.0279. The molecule has 1 aromatic rings. The predicted octanol–water partition coefficient (Wildman–Crippen LogP) is 3.30. The third-order valence-corrected chi connectivity index (χ3v) is 5.52. The Labute approximate surface area is 147 Å². The molecule has 2 heterocycles. The molecular formula is C15H21F3N4O2S. The van der Waals surface area contributed by atoms with Crippen molar-refractivity contribution in [1.82, 2.24) is 15.5 Å². The topological polar surface area (TPSA) is 67.3 Å². The molecule has 1 aromatic heterocycles. The van der Waals surface area contributed by atoms with Crippen molar-refractivity contribution in [1.29, 1.82) is 0 Å². The fourth-order valence-electron chi connectivity index (χ4n) is 3.52. The molecule has 0 radical (unpaired) electrons. The third-order valence-electron chi connectivity index (χ3n) is 4.49. The van der Waals surface area contributed by atoms with Crippen LogP contribution in [0.2, 0.25) is 0 Å². The summed E-state index contributed by atoms with van der Waals surface area (Å²) in [5.41, 5.74) is -0.565. The summed E-state index contributed by atoms with van der Waals surface area (Å²) >= 11 is 0.565. The smallest absolute Gasteiger partial charge is 0.444 e. The van der Waals surface area contributed by atoms with Crippen molar-refractivity contribution >= 4 is 22.6 Å². The van der Waals surface area contributed by atoms with E-state index in [0.29, 0.717) is 30.3 Å². The molecule has 140 valence electrons. The summed E-state index contributed by atoms with van der Waals surface area (Å²) in [6.07, 6.45) is -3.14. The molecule has 2 aliphatic rings. The lowest BCUT2D eigenvalue weighted by molar-refractivity contribution is -0.138. The van der Waals surface area contributed by atoms with Crippen molar-refractivity contribution in [2.45, 2.75) is 51.4 Å². The first kappa shape index (κ1) is 18.2. The van der Waals surface area contributed by atoms with Crippen LogP contribution in [0.15, 0.2) is 0 Å². The van der Waals surface area contributed by atoms with Crippen molar-refractivity contribution in [3.63, 3.8) is 0 Å². The van der Waals surface area contributed by atoms with Crippen LogP contribution in [0.4, 0.5) is 23.1 Å². The van der Waals surface area contributed by atoms with Crippen molar-refractivity contribution in [3.05, 3.63) is 5.01 Å². The van der Waals surface area contributed by atoms with Crippen LogP contribution < -0.4 is 10.2 Å². The van der Waals surface area contributed by atoms with Gasteiger partial charge in [-0.05, 0) is 39.5 Å². The summed E-state index contributed by atoms with van der Waals surface area (Å²) in [4.78, 5) is 13.8. The number of hydrogen-bond acceptors (Lipinski definition) is 6. The van der Waals surface area contributed by atoms with Crippen LogP contribution in [-0.2, 0) is 10.9 Å². The highest BCUT2D eigenvalue weighted by Crippen LogP contribution is 2.42. The van der Waals surface area contributed by atoms with Crippen LogP contribution in [0, 0.1) is 11.8 Å². The lowest BCUT2D eigenvalue weighted by Gasteiger charge is -2.24. The summed E-state index contributed by atoms with van der Waals surface area (Å²) in [7, 11) is 0. The minimum atomic E-state index is -4.47. The Morgan fingerprint density at radius 2 is 1.96 bits per heavy atom. The lowest BCUT2D eigenvalue weighted by atomic mass is 9.98. The number of ether oxygens (including phenoxy) is 1. The van der Waals surface area contributed by atoms with Gasteiger partial charge >= 0.3 is 12.3 Å². The van der Waals surface area contributed by atoms with Gasteiger partial charge in [0, 0.05) is 25.0 Å². The molecule has 1 N–H and O–H groups in total. The number of anilines is 1. The van der Waals surface area contributed by atoms with Gasteiger partial charge in [0.05, 0.1) is 0 Å². The van der Waals surface area contributed by atoms with Gasteiger partial charge < -0.3 is 15.0 Å². The van der Waals surface area contributed by atoms with Gasteiger partial charge in [0.1, 0.15) is 5.60 Å². The first-order valence-corrected chi connectivity index (χ1v) is 9.00. The number of alkyl carbamates (subject to hydrolysis) is 1. The van der Waals surface area contributed by atoms with Crippen molar-refractivity contribution in [2.24, 2.45) is 11.8 Å². The zero-order valence-corrected chi connectivity index (χ0v) is 15.1. The second-order valence-electron chi connectivity index (χ2n) is 7.55. The fraction of sp³-hybridized carbons (Fsp3) is 0.800. The number of halogens is 3. The molecule has 1 saturated carbocycles. The largest absolute Gasteiger partial charge is 0.445 e. The predicted molar refractivity (Wildman–Crippen MR) is 86.5 cm³/mol. The molecule has 2 fully saturated rings. The van der Waals surface area contributed by atoms with Gasteiger partial charge in [-0.1, -0.05) is 11.3 Å². The molecule has 1 saturated heterocycles. The highest BCUT2D eigenvalue weighted by molar-refractivity contribution is 7.15. The van der Waals surface area contributed by atoms with Gasteiger partial charge in [-0.3, -0.25) is 0 Å². The Hall–Kier alpha value is -1.58. The van der Waals surface area contributed by atoms with Crippen LogP contribution >= 0.6 is 11.3 Å². The number of nitrogens with one attached hydrogen (secondary N) is 1. The lowest BCUT2D eigenvalue weighted by Crippen LogP contribution is -2.42. The molecule has 0 bridgehead atoms. The van der Waals surface area contributed by atoms with Crippen LogP contribution in [0.25, 0.3) is 0 Å². The molecule has 1 aliphatic heterocycles. The van der Waals surface area contributed by atoms with Crippen molar-refractivity contribution in [3.8, 4) is 0 Å². The summed E-state index contributed by atoms with van der Waals surface area (Å²) in [5.74, 6) is 0.518. The maximum absolute atomic E-state index is 12.7. The molecule has 0 unspecified atom stereocenters. The number of nitrogens with zero attached hydrogens (tertiary/aromatic N) is 3. The fourth-order valence-corrected chi connectivity index (χ4v) is 4.25. The number of rotatable bonds is 2. The van der Waals surface area contributed by atoms with E-state index < -0.39 is 22.9 Å². The molecule has 1 aliphatic carbocycles. The molecule has 6 nitrogen and oxygen atoms in total. The molecule has 3 atom stereocenters. The number of carbonyl (C=O) groups is 1. The molecule has 3 rings (SSSR count). The Balaban J connectivity index is 1.62. The van der Waals surface area contributed by atoms with E-state index in [1.807, 2.05) is 4.90 Å². The van der Waals surface area contributed by atoms with Gasteiger partial charge in [0.2, 0.25) is 10.1 Å². The van der Waals surface area contributed by atoms with Gasteiger partial charge in [0.15, 0.2) is 0 Å². The van der Waals surface area contributed by atoms with Gasteiger partial charge in [-0.25, -0.2) is 4.79 Å². The van der Waals surface area contributed by atoms with Crippen molar-refractivity contribution in [2.75, 3.05) is 18.0 Å². The maximum atomic E-state index is 12.7. The Morgan fingerprint density at radius 1 is 1.24 bits per heavy atom. The monoisotopic (exact) mass is 378 g/mol. The van der Waals surface area contributed by atoms with Crippen molar-refractivity contribution < 1.29 is 22.7 Å². The van der Waals surface area contributed by atoms with Gasteiger partial charge in [-0.2, -0.15) is 13.2 Å². The number of carbonyl (C=O) groups excluding carboxylic acids is 1. The highest BCUT2D eigenvalue weighted by atomic mass is 32.1. The molecule has 25 heavy (non-hydrogen) atoms. The minimum absolute atomic E-state index is 0.0279. The minimum Gasteiger partial charge on any atom is -0.444 e. The highest BCUT2D eigenvalue weighted by Gasteiger charge is 2.45. The van der Waals surface area contributed by atoms with Gasteiger partial charge in [-0.15, -0.1) is 10.2 Å². The Bertz CT molecular complexity index is 643. The third kappa shape index (κ3) is 4.16. The summed E-state index contributed by atoms with van der Waals surface area (Å²) in [6.45, 7) is 6.61. The molecule has 1 amide bonds. The van der Waals surface area contributed by atoms with E-state index in [4.69, 9.17) is 4.74 Å². The molecule has 0 aromatic carbocycles. The number of aromatic nitrogens is 2. The zero-order chi connectivity index (χ0) is 18.4. The normalized spacial score (nSPS) is 26.6. The summed E-state index contributed by atoms with van der Waals surface area (Å²) < 4.78 is 43.4. The first-order chi connectivity index (χ1) is 11.5. The van der Waals surface area contributed by atoms with Crippen LogP contribution in [0.1, 0.15) is 38.6 Å². The summed E-state index contributed by atoms with van der Waals surface area (Å²) in [5, 5.41) is 9.20. The first-order valence-electron chi connectivity index (χ1n) is 8.18. The Kier molecular flexibility index (Phi) is 4.59. The van der Waals surface area contributed by atoms with Crippen LogP contribution in [-0.4, -0.2) is 41.0 Å². The molecule has 0 spiro atoms. The van der Waals surface area contributed by atoms with E-state index >= 15 is 0 Å². The quantitative estimate of drug-likeness (QED) is 0.855. The average molecular weight is 378 g/mol. The Morgan fingerprint density at radius 3 is 2.56 bits per heavy atom. The average Bonchev–Trinajstić information content (AvgIpc) is 3.10. The standard InChI is InChI=1S/C15H21F3N4O2S/c1-14(2,3)24-13(23)19-10-5-4-8-6-22(7-9(8)10)12-21-20-11(25-12)15(16,17)18/h8-10H,4-7H2,1-3H3,(H,19,23)/t8-,9+,10+/m0/s1. The number of amides is 1. The zero-order valence-electron chi connectivity index (χ0n) is 14.3. The number of hydrogen-bond donors (Lipinski definition) is 1. The van der Waals surface area contributed by atoms with E-state index in [1.165, 1.54) is 0 Å². The number of alkyl halides is 3. The van der Waals surface area contributed by atoms with E-state index in [0.717, 1.165) is 12.8 Å². The maximum Gasteiger partial charge on any atom is 0.445 e. The van der Waals surface area contributed by atoms with Gasteiger partial charge in [0.25, 0.3) is 0 Å².